The molecule has 0 fully saturated rings. The molecule has 0 atom stereocenters. The Bertz CT molecular complexity index is 520. The molecule has 18 heavy (non-hydrogen) atoms. The molecule has 5 nitrogen and oxygen atoms in total. The summed E-state index contributed by atoms with van der Waals surface area (Å²) in [5.41, 5.74) is 0. The lowest BCUT2D eigenvalue weighted by molar-refractivity contribution is -0.167. The Morgan fingerprint density at radius 1 is 1.50 bits per heavy atom. The zero-order chi connectivity index (χ0) is 13.9. The first-order valence-electron chi connectivity index (χ1n) is 4.39. The summed E-state index contributed by atoms with van der Waals surface area (Å²) in [6.07, 6.45) is -5.04. The predicted octanol–water partition coefficient (Wildman–Crippen LogP) is 2.14. The van der Waals surface area contributed by atoms with Gasteiger partial charge in [0.05, 0.1) is 0 Å². The second kappa shape index (κ2) is 5.59. The number of aromatic nitrogens is 1. The summed E-state index contributed by atoms with van der Waals surface area (Å²) in [5, 5.41) is 1.56. The lowest BCUT2D eigenvalue weighted by Gasteiger charge is -2.07. The molecule has 1 aromatic rings. The summed E-state index contributed by atoms with van der Waals surface area (Å²) in [6, 6.07) is 0. The van der Waals surface area contributed by atoms with Crippen molar-refractivity contribution < 1.29 is 27.5 Å². The van der Waals surface area contributed by atoms with Gasteiger partial charge in [-0.1, -0.05) is 11.3 Å². The van der Waals surface area contributed by atoms with Gasteiger partial charge in [-0.3, -0.25) is 9.59 Å². The van der Waals surface area contributed by atoms with E-state index in [1.807, 2.05) is 0 Å². The molecule has 100 valence electrons. The number of ketones is 1. The molecule has 1 aromatic heterocycles. The van der Waals surface area contributed by atoms with Crippen LogP contribution in [0.2, 0.25) is 0 Å². The summed E-state index contributed by atoms with van der Waals surface area (Å²) < 4.78 is 40.8. The van der Waals surface area contributed by atoms with E-state index < -0.39 is 17.9 Å². The second-order valence-corrected chi connectivity index (χ2v) is 4.71. The maximum absolute atomic E-state index is 12.1. The maximum Gasteiger partial charge on any atom is 0.471 e. The summed E-state index contributed by atoms with van der Waals surface area (Å²) in [6.45, 7) is -0.321. The molecule has 2 N–H and O–H groups in total. The van der Waals surface area contributed by atoms with Crippen molar-refractivity contribution in [1.82, 2.24) is 4.98 Å². The van der Waals surface area contributed by atoms with Crippen LogP contribution in [0.25, 0.3) is 0 Å². The number of hydrogen-bond acceptors (Lipinski definition) is 5. The van der Waals surface area contributed by atoms with Crippen molar-refractivity contribution in [2.75, 3.05) is 19.0 Å². The van der Waals surface area contributed by atoms with Crippen LogP contribution in [0.3, 0.4) is 0 Å². The zero-order valence-electron chi connectivity index (χ0n) is 8.88. The standard InChI is InChI=1S/C8H7F3N2O3S2/c1-16-2-3(14)4-5(13-7(17)18-4)12-6(15)8(9,10)11/h2H2,1H3,(H,12,15)(H,13,17). The van der Waals surface area contributed by atoms with Gasteiger partial charge in [0.2, 0.25) is 5.78 Å². The van der Waals surface area contributed by atoms with Gasteiger partial charge in [-0.15, -0.1) is 0 Å². The predicted molar refractivity (Wildman–Crippen MR) is 60.4 cm³/mol. The van der Waals surface area contributed by atoms with Crippen LogP contribution in [0.1, 0.15) is 9.67 Å². The topological polar surface area (TPSA) is 71.2 Å². The van der Waals surface area contributed by atoms with Crippen molar-refractivity contribution in [3.8, 4) is 0 Å². The fraction of sp³-hybridized carbons (Fsp3) is 0.375. The highest BCUT2D eigenvalue weighted by atomic mass is 32.1. The first kappa shape index (κ1) is 14.8. The van der Waals surface area contributed by atoms with Gasteiger partial charge in [-0.25, -0.2) is 0 Å². The Morgan fingerprint density at radius 2 is 2.11 bits per heavy atom. The average Bonchev–Trinajstić information content (AvgIpc) is 2.58. The second-order valence-electron chi connectivity index (χ2n) is 3.03. The van der Waals surface area contributed by atoms with E-state index in [4.69, 9.17) is 12.2 Å². The van der Waals surface area contributed by atoms with Gasteiger partial charge in [0, 0.05) is 7.11 Å². The third-order valence-electron chi connectivity index (χ3n) is 1.67. The fourth-order valence-electron chi connectivity index (χ4n) is 0.993. The van der Waals surface area contributed by atoms with Gasteiger partial charge < -0.3 is 15.0 Å². The van der Waals surface area contributed by atoms with E-state index in [-0.39, 0.29) is 21.3 Å². The summed E-state index contributed by atoms with van der Waals surface area (Å²) >= 11 is 5.47. The summed E-state index contributed by atoms with van der Waals surface area (Å²) in [5.74, 6) is -3.13. The van der Waals surface area contributed by atoms with Crippen molar-refractivity contribution in [2.45, 2.75) is 6.18 Å². The normalized spacial score (nSPS) is 11.3. The van der Waals surface area contributed by atoms with E-state index in [0.29, 0.717) is 0 Å². The number of aromatic amines is 1. The van der Waals surface area contributed by atoms with Crippen LogP contribution in [0.4, 0.5) is 19.0 Å². The molecule has 0 saturated heterocycles. The third kappa shape index (κ3) is 3.62. The molecular formula is C8H7F3N2O3S2. The SMILES string of the molecule is COCC(=O)c1sc(=S)[nH]c1NC(=O)C(F)(F)F. The number of hydrogen-bond donors (Lipinski definition) is 2. The van der Waals surface area contributed by atoms with Crippen molar-refractivity contribution in [3.05, 3.63) is 8.83 Å². The highest BCUT2D eigenvalue weighted by molar-refractivity contribution is 7.73. The number of halogens is 3. The molecule has 0 saturated carbocycles. The molecule has 0 aliphatic carbocycles. The zero-order valence-corrected chi connectivity index (χ0v) is 10.5. The smallest absolute Gasteiger partial charge is 0.376 e. The molecule has 0 bridgehead atoms. The molecule has 0 aliphatic rings. The average molecular weight is 300 g/mol. The molecule has 1 heterocycles. The van der Waals surface area contributed by atoms with E-state index in [0.717, 1.165) is 11.3 Å². The Kier molecular flexibility index (Phi) is 4.59. The Hall–Kier alpha value is -1.26. The van der Waals surface area contributed by atoms with Crippen LogP contribution < -0.4 is 5.32 Å². The van der Waals surface area contributed by atoms with Crippen LogP contribution in [-0.4, -0.2) is 36.6 Å². The number of alkyl halides is 3. The van der Waals surface area contributed by atoms with Crippen LogP contribution in [0.15, 0.2) is 0 Å². The van der Waals surface area contributed by atoms with Crippen LogP contribution in [0, 0.1) is 3.95 Å². The molecule has 0 aromatic carbocycles. The molecule has 0 spiro atoms. The quantitative estimate of drug-likeness (QED) is 0.660. The maximum atomic E-state index is 12.1. The molecule has 0 unspecified atom stereocenters. The lowest BCUT2D eigenvalue weighted by atomic mass is 10.3. The number of rotatable bonds is 4. The highest BCUT2D eigenvalue weighted by Crippen LogP contribution is 2.24. The minimum absolute atomic E-state index is 0.0759. The first-order chi connectivity index (χ1) is 8.25. The number of H-pyrrole nitrogens is 1. The molecule has 0 aliphatic heterocycles. The minimum atomic E-state index is -5.04. The summed E-state index contributed by atoms with van der Waals surface area (Å²) in [7, 11) is 1.26. The molecule has 10 heteroatoms. The van der Waals surface area contributed by atoms with Crippen molar-refractivity contribution >= 4 is 41.1 Å². The highest BCUT2D eigenvalue weighted by Gasteiger charge is 2.39. The number of amides is 1. The van der Waals surface area contributed by atoms with Crippen LogP contribution in [-0.2, 0) is 9.53 Å². The van der Waals surface area contributed by atoms with Gasteiger partial charge in [0.1, 0.15) is 17.3 Å². The Balaban J connectivity index is 3.00. The van der Waals surface area contributed by atoms with Crippen molar-refractivity contribution in [3.63, 3.8) is 0 Å². The van der Waals surface area contributed by atoms with E-state index in [2.05, 4.69) is 9.72 Å². The molecule has 0 radical (unpaired) electrons. The van der Waals surface area contributed by atoms with E-state index in [1.54, 1.807) is 5.32 Å². The van der Waals surface area contributed by atoms with Crippen molar-refractivity contribution in [1.29, 1.82) is 0 Å². The summed E-state index contributed by atoms with van der Waals surface area (Å²) in [4.78, 5) is 24.4. The number of carbonyl (C=O) groups excluding carboxylic acids is 2. The largest absolute Gasteiger partial charge is 0.471 e. The minimum Gasteiger partial charge on any atom is -0.376 e. The number of thiazole rings is 1. The number of nitrogens with one attached hydrogen (secondary N) is 2. The fourth-order valence-corrected chi connectivity index (χ4v) is 2.06. The number of carbonyl (C=O) groups is 2. The Labute approximate surface area is 108 Å². The molecular weight excluding hydrogens is 293 g/mol. The van der Waals surface area contributed by atoms with Gasteiger partial charge in [0.15, 0.2) is 3.95 Å². The van der Waals surface area contributed by atoms with Gasteiger partial charge >= 0.3 is 12.1 Å². The first-order valence-corrected chi connectivity index (χ1v) is 5.61. The molecule has 1 amide bonds. The van der Waals surface area contributed by atoms with E-state index >= 15 is 0 Å². The number of Topliss-reactive ketones (excluding diaryl/α,β-unsaturated/α-hetero) is 1. The van der Waals surface area contributed by atoms with Gasteiger partial charge in [-0.05, 0) is 12.2 Å². The number of anilines is 1. The number of ether oxygens (including phenoxy) is 1. The van der Waals surface area contributed by atoms with Crippen LogP contribution >= 0.6 is 23.6 Å². The van der Waals surface area contributed by atoms with Crippen LogP contribution in [0.5, 0.6) is 0 Å². The third-order valence-corrected chi connectivity index (χ3v) is 2.95. The lowest BCUT2D eigenvalue weighted by Crippen LogP contribution is -2.30. The van der Waals surface area contributed by atoms with Gasteiger partial charge in [0.25, 0.3) is 0 Å². The monoisotopic (exact) mass is 300 g/mol. The number of methoxy groups -OCH3 is 1. The van der Waals surface area contributed by atoms with Gasteiger partial charge in [-0.2, -0.15) is 13.2 Å². The van der Waals surface area contributed by atoms with E-state index in [1.165, 1.54) is 7.11 Å². The van der Waals surface area contributed by atoms with E-state index in [9.17, 15) is 22.8 Å². The van der Waals surface area contributed by atoms with Crippen molar-refractivity contribution in [2.24, 2.45) is 0 Å². The molecule has 1 rings (SSSR count). The Morgan fingerprint density at radius 3 is 2.61 bits per heavy atom.